The molecule has 110 valence electrons. The Morgan fingerprint density at radius 2 is 1.95 bits per heavy atom. The maximum atomic E-state index is 11.8. The molecule has 1 heterocycles. The number of pyridine rings is 1. The quantitative estimate of drug-likeness (QED) is 0.741. The van der Waals surface area contributed by atoms with E-state index in [1.54, 1.807) is 0 Å². The van der Waals surface area contributed by atoms with Crippen LogP contribution in [0.5, 0.6) is 0 Å². The first-order valence-electron chi connectivity index (χ1n) is 5.16. The molecule has 8 heteroatoms. The predicted molar refractivity (Wildman–Crippen MR) is 85.3 cm³/mol. The molecule has 0 saturated heterocycles. The van der Waals surface area contributed by atoms with Gasteiger partial charge in [-0.25, -0.2) is 0 Å². The zero-order valence-electron chi connectivity index (χ0n) is 10.8. The molecular weight excluding hydrogens is 357 g/mol. The van der Waals surface area contributed by atoms with Crippen molar-refractivity contribution in [1.82, 2.24) is 4.98 Å². The molecule has 1 aromatic rings. The molecule has 0 radical (unpaired) electrons. The number of nitrogens with one attached hydrogen (secondary N) is 2. The number of halogens is 3. The number of anilines is 1. The first kappa shape index (κ1) is 20.8. The van der Waals surface area contributed by atoms with Crippen LogP contribution in [-0.2, 0) is 4.79 Å². The fourth-order valence-electron chi connectivity index (χ4n) is 1.15. The molecule has 0 aromatic carbocycles. The second kappa shape index (κ2) is 7.89. The third-order valence-corrected chi connectivity index (χ3v) is 2.80. The van der Waals surface area contributed by atoms with Gasteiger partial charge in [-0.15, -0.1) is 24.8 Å². The second-order valence-corrected chi connectivity index (χ2v) is 5.81. The standard InChI is InChI=1S/C11H16BrN3O2.2ClH/c1-11(2,3)8(13)10(17)15-7-4-6(12)5-14-9(7)16;;/h4-5,8H,13H2,1-3H3,(H,14,16)(H,15,17);2*1H/t8-;;/m1../s1. The highest BCUT2D eigenvalue weighted by Crippen LogP contribution is 2.18. The van der Waals surface area contributed by atoms with Crippen molar-refractivity contribution < 1.29 is 4.79 Å². The first-order chi connectivity index (χ1) is 7.71. The Kier molecular flexibility index (Phi) is 8.62. The monoisotopic (exact) mass is 373 g/mol. The zero-order chi connectivity index (χ0) is 13.2. The fourth-order valence-corrected chi connectivity index (χ4v) is 1.50. The van der Waals surface area contributed by atoms with E-state index in [9.17, 15) is 9.59 Å². The first-order valence-corrected chi connectivity index (χ1v) is 5.96. The molecule has 1 atom stereocenters. The average Bonchev–Trinajstić information content (AvgIpc) is 2.21. The fraction of sp³-hybridized carbons (Fsp3) is 0.455. The molecule has 5 nitrogen and oxygen atoms in total. The Hall–Kier alpha value is -0.560. The van der Waals surface area contributed by atoms with E-state index < -0.39 is 6.04 Å². The van der Waals surface area contributed by atoms with Gasteiger partial charge in [0.05, 0.1) is 6.04 Å². The Labute approximate surface area is 132 Å². The third kappa shape index (κ3) is 5.95. The summed E-state index contributed by atoms with van der Waals surface area (Å²) >= 11 is 3.21. The number of nitrogens with two attached hydrogens (primary N) is 1. The van der Waals surface area contributed by atoms with Crippen LogP contribution >= 0.6 is 40.7 Å². The van der Waals surface area contributed by atoms with Gasteiger partial charge in [0.2, 0.25) is 5.91 Å². The summed E-state index contributed by atoms with van der Waals surface area (Å²) in [7, 11) is 0. The number of amides is 1. The van der Waals surface area contributed by atoms with Gasteiger partial charge in [0.25, 0.3) is 5.56 Å². The van der Waals surface area contributed by atoms with E-state index in [1.165, 1.54) is 12.3 Å². The van der Waals surface area contributed by atoms with Crippen molar-refractivity contribution >= 4 is 52.3 Å². The summed E-state index contributed by atoms with van der Waals surface area (Å²) in [4.78, 5) is 25.8. The van der Waals surface area contributed by atoms with Gasteiger partial charge in [0, 0.05) is 10.7 Å². The number of aromatic amines is 1. The highest BCUT2D eigenvalue weighted by molar-refractivity contribution is 9.10. The molecule has 0 unspecified atom stereocenters. The molecule has 0 spiro atoms. The Bertz CT molecular complexity index is 486. The molecule has 0 bridgehead atoms. The molecule has 1 amide bonds. The number of aromatic nitrogens is 1. The summed E-state index contributed by atoms with van der Waals surface area (Å²) < 4.78 is 0.678. The Balaban J connectivity index is 0. The van der Waals surface area contributed by atoms with Crippen molar-refractivity contribution in [3.63, 3.8) is 0 Å². The lowest BCUT2D eigenvalue weighted by Crippen LogP contribution is -2.46. The smallest absolute Gasteiger partial charge is 0.271 e. The largest absolute Gasteiger partial charge is 0.326 e. The number of H-pyrrole nitrogens is 1. The summed E-state index contributed by atoms with van der Waals surface area (Å²) in [6, 6.07) is 0.854. The van der Waals surface area contributed by atoms with E-state index in [0.29, 0.717) is 4.47 Å². The van der Waals surface area contributed by atoms with E-state index in [2.05, 4.69) is 26.2 Å². The van der Waals surface area contributed by atoms with Crippen LogP contribution in [0.25, 0.3) is 0 Å². The van der Waals surface area contributed by atoms with E-state index in [-0.39, 0.29) is 47.4 Å². The minimum atomic E-state index is -0.680. The van der Waals surface area contributed by atoms with E-state index in [4.69, 9.17) is 5.73 Å². The van der Waals surface area contributed by atoms with Crippen LogP contribution in [0.2, 0.25) is 0 Å². The highest BCUT2D eigenvalue weighted by Gasteiger charge is 2.27. The van der Waals surface area contributed by atoms with Gasteiger partial charge in [0.15, 0.2) is 0 Å². The molecular formula is C11H18BrCl2N3O2. The summed E-state index contributed by atoms with van der Waals surface area (Å²) in [6.07, 6.45) is 1.50. The minimum Gasteiger partial charge on any atom is -0.326 e. The normalized spacial score (nSPS) is 11.8. The van der Waals surface area contributed by atoms with Crippen LogP contribution in [0.1, 0.15) is 20.8 Å². The van der Waals surface area contributed by atoms with Gasteiger partial charge in [0.1, 0.15) is 5.69 Å². The SMILES string of the molecule is CC(C)(C)[C@H](N)C(=O)Nc1cc(Br)c[nH]c1=O.Cl.Cl. The summed E-state index contributed by atoms with van der Waals surface area (Å²) in [6.45, 7) is 5.59. The lowest BCUT2D eigenvalue weighted by molar-refractivity contribution is -0.119. The molecule has 1 aromatic heterocycles. The maximum Gasteiger partial charge on any atom is 0.271 e. The summed E-state index contributed by atoms with van der Waals surface area (Å²) in [5.74, 6) is -0.374. The minimum absolute atomic E-state index is 0. The van der Waals surface area contributed by atoms with Gasteiger partial charge >= 0.3 is 0 Å². The van der Waals surface area contributed by atoms with Crippen molar-refractivity contribution in [2.24, 2.45) is 11.1 Å². The number of hydrogen-bond donors (Lipinski definition) is 3. The summed E-state index contributed by atoms with van der Waals surface area (Å²) in [5, 5.41) is 2.52. The highest BCUT2D eigenvalue weighted by atomic mass is 79.9. The van der Waals surface area contributed by atoms with Crippen molar-refractivity contribution in [2.45, 2.75) is 26.8 Å². The van der Waals surface area contributed by atoms with Crippen LogP contribution in [0.15, 0.2) is 21.5 Å². The van der Waals surface area contributed by atoms with Crippen LogP contribution in [0.4, 0.5) is 5.69 Å². The van der Waals surface area contributed by atoms with E-state index in [0.717, 1.165) is 0 Å². The van der Waals surface area contributed by atoms with Gasteiger partial charge in [-0.2, -0.15) is 0 Å². The Morgan fingerprint density at radius 1 is 1.42 bits per heavy atom. The van der Waals surface area contributed by atoms with Gasteiger partial charge in [-0.3, -0.25) is 9.59 Å². The van der Waals surface area contributed by atoms with Crippen molar-refractivity contribution in [3.8, 4) is 0 Å². The maximum absolute atomic E-state index is 11.8. The predicted octanol–water partition coefficient (Wildman–Crippen LogP) is 2.29. The van der Waals surface area contributed by atoms with Gasteiger partial charge < -0.3 is 16.0 Å². The number of carbonyl (C=O) groups is 1. The molecule has 1 rings (SSSR count). The average molecular weight is 375 g/mol. The van der Waals surface area contributed by atoms with Crippen LogP contribution in [0.3, 0.4) is 0 Å². The molecule has 4 N–H and O–H groups in total. The number of rotatable bonds is 2. The molecule has 0 saturated carbocycles. The molecule has 0 aliphatic carbocycles. The van der Waals surface area contributed by atoms with Gasteiger partial charge in [-0.05, 0) is 27.4 Å². The summed E-state index contributed by atoms with van der Waals surface area (Å²) in [5.41, 5.74) is 5.26. The van der Waals surface area contributed by atoms with Crippen molar-refractivity contribution in [1.29, 1.82) is 0 Å². The molecule has 0 aliphatic rings. The van der Waals surface area contributed by atoms with E-state index >= 15 is 0 Å². The third-order valence-electron chi connectivity index (χ3n) is 2.34. The van der Waals surface area contributed by atoms with Crippen LogP contribution in [-0.4, -0.2) is 16.9 Å². The van der Waals surface area contributed by atoms with Crippen LogP contribution < -0.4 is 16.6 Å². The zero-order valence-corrected chi connectivity index (χ0v) is 14.0. The lowest BCUT2D eigenvalue weighted by atomic mass is 9.87. The van der Waals surface area contributed by atoms with Crippen molar-refractivity contribution in [2.75, 3.05) is 5.32 Å². The Morgan fingerprint density at radius 3 is 2.42 bits per heavy atom. The topological polar surface area (TPSA) is 88.0 Å². The molecule has 0 aliphatic heterocycles. The molecule has 0 fully saturated rings. The molecule has 19 heavy (non-hydrogen) atoms. The van der Waals surface area contributed by atoms with E-state index in [1.807, 2.05) is 20.8 Å². The second-order valence-electron chi connectivity index (χ2n) is 4.89. The van der Waals surface area contributed by atoms with Crippen molar-refractivity contribution in [3.05, 3.63) is 27.1 Å². The lowest BCUT2D eigenvalue weighted by Gasteiger charge is -2.25. The number of carbonyl (C=O) groups excluding carboxylic acids is 1. The van der Waals surface area contributed by atoms with Crippen LogP contribution in [0, 0.1) is 5.41 Å². The van der Waals surface area contributed by atoms with Gasteiger partial charge in [-0.1, -0.05) is 20.8 Å². The number of hydrogen-bond acceptors (Lipinski definition) is 3.